The summed E-state index contributed by atoms with van der Waals surface area (Å²) >= 11 is 0. The van der Waals surface area contributed by atoms with E-state index in [0.29, 0.717) is 0 Å². The number of rotatable bonds is 35. The highest BCUT2D eigenvalue weighted by Crippen LogP contribution is 2.17. The zero-order valence-corrected chi connectivity index (χ0v) is 30.0. The van der Waals surface area contributed by atoms with Gasteiger partial charge < -0.3 is 5.11 Å². The molecule has 1 N–H and O–H groups in total. The maximum absolute atomic E-state index is 9.59. The number of nitrogens with zero attached hydrogens (tertiary/aromatic N) is 2. The third-order valence-electron chi connectivity index (χ3n) is 10.0. The van der Waals surface area contributed by atoms with Gasteiger partial charge in [-0.2, -0.15) is 0 Å². The standard InChI is InChI=1S/C40H81N2O/c1-3-5-7-9-11-13-15-17-19-21-23-25-27-29-31-33-35-41-36-37-42(38-39-43)40(41)34-32-30-28-26-24-22-20-18-16-14-12-10-8-6-4-2/h43H,3-39H2,1-2H3/q+1. The van der Waals surface area contributed by atoms with Crippen LogP contribution in [-0.4, -0.2) is 53.2 Å². The van der Waals surface area contributed by atoms with Crippen molar-refractivity contribution in [1.29, 1.82) is 0 Å². The summed E-state index contributed by atoms with van der Waals surface area (Å²) in [6, 6.07) is 0. The highest BCUT2D eigenvalue weighted by Gasteiger charge is 2.28. The van der Waals surface area contributed by atoms with Gasteiger partial charge in [0, 0.05) is 6.42 Å². The van der Waals surface area contributed by atoms with Crippen LogP contribution in [0.25, 0.3) is 0 Å². The molecular formula is C40H81N2O+. The van der Waals surface area contributed by atoms with E-state index in [9.17, 15) is 5.11 Å². The van der Waals surface area contributed by atoms with E-state index in [1.807, 2.05) is 0 Å². The Morgan fingerprint density at radius 2 is 0.791 bits per heavy atom. The van der Waals surface area contributed by atoms with Gasteiger partial charge in [0.15, 0.2) is 0 Å². The van der Waals surface area contributed by atoms with Crippen LogP contribution < -0.4 is 0 Å². The molecule has 256 valence electrons. The largest absolute Gasteiger partial charge is 0.392 e. The molecule has 0 saturated heterocycles. The zero-order valence-electron chi connectivity index (χ0n) is 30.0. The topological polar surface area (TPSA) is 26.5 Å². The van der Waals surface area contributed by atoms with Crippen LogP contribution in [0.2, 0.25) is 0 Å². The zero-order chi connectivity index (χ0) is 30.9. The maximum Gasteiger partial charge on any atom is 0.247 e. The van der Waals surface area contributed by atoms with Crippen LogP contribution in [0, 0.1) is 0 Å². The van der Waals surface area contributed by atoms with E-state index in [4.69, 9.17) is 0 Å². The summed E-state index contributed by atoms with van der Waals surface area (Å²) in [4.78, 5) is 2.48. The molecule has 0 unspecified atom stereocenters. The van der Waals surface area contributed by atoms with Gasteiger partial charge >= 0.3 is 0 Å². The molecule has 0 radical (unpaired) electrons. The summed E-state index contributed by atoms with van der Waals surface area (Å²) in [6.07, 6.45) is 45.6. The summed E-state index contributed by atoms with van der Waals surface area (Å²) in [5.41, 5.74) is 0. The number of aliphatic hydroxyl groups is 1. The predicted octanol–water partition coefficient (Wildman–Crippen LogP) is 12.2. The molecule has 1 aliphatic rings. The summed E-state index contributed by atoms with van der Waals surface area (Å²) in [5.74, 6) is 1.55. The lowest BCUT2D eigenvalue weighted by Gasteiger charge is -2.12. The fourth-order valence-corrected chi connectivity index (χ4v) is 7.12. The molecule has 0 amide bonds. The van der Waals surface area contributed by atoms with Crippen LogP contribution in [0.3, 0.4) is 0 Å². The number of aliphatic hydroxyl groups excluding tert-OH is 1. The fourth-order valence-electron chi connectivity index (χ4n) is 7.12. The highest BCUT2D eigenvalue weighted by atomic mass is 16.3. The van der Waals surface area contributed by atoms with Crippen molar-refractivity contribution in [3.63, 3.8) is 0 Å². The normalized spacial score (nSPS) is 13.6. The Labute approximate surface area is 272 Å². The molecule has 0 bridgehead atoms. The Morgan fingerprint density at radius 1 is 0.465 bits per heavy atom. The molecule has 0 aromatic heterocycles. The van der Waals surface area contributed by atoms with Gasteiger partial charge in [-0.15, -0.1) is 0 Å². The summed E-state index contributed by atoms with van der Waals surface area (Å²) < 4.78 is 2.67. The van der Waals surface area contributed by atoms with Gasteiger partial charge in [-0.3, -0.25) is 9.48 Å². The molecule has 0 saturated carbocycles. The Kier molecular flexibility index (Phi) is 30.9. The first-order valence-corrected chi connectivity index (χ1v) is 20.3. The minimum Gasteiger partial charge on any atom is -0.392 e. The monoisotopic (exact) mass is 606 g/mol. The first kappa shape index (κ1) is 40.5. The van der Waals surface area contributed by atoms with E-state index in [1.54, 1.807) is 5.84 Å². The number of unbranched alkanes of at least 4 members (excludes halogenated alkanes) is 29. The first-order valence-electron chi connectivity index (χ1n) is 20.3. The van der Waals surface area contributed by atoms with E-state index >= 15 is 0 Å². The molecule has 0 aromatic rings. The fraction of sp³-hybridized carbons (Fsp3) is 0.975. The molecule has 0 aliphatic carbocycles. The molecule has 0 atom stereocenters. The molecule has 3 nitrogen and oxygen atoms in total. The van der Waals surface area contributed by atoms with Crippen molar-refractivity contribution in [3.8, 4) is 0 Å². The number of hydrogen-bond acceptors (Lipinski definition) is 2. The Hall–Kier alpha value is -0.570. The van der Waals surface area contributed by atoms with Gasteiger partial charge in [-0.05, 0) is 19.3 Å². The molecule has 1 rings (SSSR count). The smallest absolute Gasteiger partial charge is 0.247 e. The number of β-amino-alcohol motifs (C(OH)–C–C–N with tert-alkyl or cyclic N) is 1. The van der Waals surface area contributed by atoms with Crippen LogP contribution in [0.1, 0.15) is 219 Å². The van der Waals surface area contributed by atoms with Crippen LogP contribution in [0.5, 0.6) is 0 Å². The lowest BCUT2D eigenvalue weighted by atomic mass is 10.0. The minimum absolute atomic E-state index is 0.287. The van der Waals surface area contributed by atoms with Crippen LogP contribution in [0.15, 0.2) is 0 Å². The second kappa shape index (κ2) is 32.8. The SMILES string of the molecule is CCCCCCCCCCCCCCCCCC[N+]1=C(CCCCCCCCCCCCCCCCC)N(CCO)CC1. The lowest BCUT2D eigenvalue weighted by Crippen LogP contribution is -2.32. The van der Waals surface area contributed by atoms with Crippen molar-refractivity contribution in [3.05, 3.63) is 0 Å². The van der Waals surface area contributed by atoms with Gasteiger partial charge in [-0.1, -0.05) is 194 Å². The third-order valence-corrected chi connectivity index (χ3v) is 10.0. The molecular weight excluding hydrogens is 524 g/mol. The summed E-state index contributed by atoms with van der Waals surface area (Å²) in [5, 5.41) is 9.59. The first-order chi connectivity index (χ1) is 21.3. The van der Waals surface area contributed by atoms with Gasteiger partial charge in [0.1, 0.15) is 19.6 Å². The van der Waals surface area contributed by atoms with Crippen molar-refractivity contribution < 1.29 is 9.68 Å². The Morgan fingerprint density at radius 3 is 1.14 bits per heavy atom. The van der Waals surface area contributed by atoms with E-state index in [0.717, 1.165) is 13.1 Å². The third kappa shape index (κ3) is 25.3. The maximum atomic E-state index is 9.59. The number of amidine groups is 1. The second-order valence-electron chi connectivity index (χ2n) is 14.1. The summed E-state index contributed by atoms with van der Waals surface area (Å²) in [7, 11) is 0. The van der Waals surface area contributed by atoms with E-state index in [2.05, 4.69) is 23.3 Å². The van der Waals surface area contributed by atoms with E-state index in [-0.39, 0.29) is 6.61 Å². The Bertz CT molecular complexity index is 589. The average Bonchev–Trinajstić information content (AvgIpc) is 3.39. The van der Waals surface area contributed by atoms with Gasteiger partial charge in [0.2, 0.25) is 5.84 Å². The van der Waals surface area contributed by atoms with Crippen molar-refractivity contribution >= 4 is 5.84 Å². The lowest BCUT2D eigenvalue weighted by molar-refractivity contribution is -0.519. The predicted molar refractivity (Wildman–Crippen MR) is 193 cm³/mol. The van der Waals surface area contributed by atoms with Gasteiger partial charge in [0.25, 0.3) is 0 Å². The molecule has 43 heavy (non-hydrogen) atoms. The van der Waals surface area contributed by atoms with Gasteiger partial charge in [0.05, 0.1) is 13.2 Å². The molecule has 1 heterocycles. The van der Waals surface area contributed by atoms with Crippen LogP contribution >= 0.6 is 0 Å². The average molecular weight is 606 g/mol. The Balaban J connectivity index is 2.00. The van der Waals surface area contributed by atoms with Crippen molar-refractivity contribution in [2.24, 2.45) is 0 Å². The van der Waals surface area contributed by atoms with Crippen LogP contribution in [-0.2, 0) is 0 Å². The van der Waals surface area contributed by atoms with Crippen molar-refractivity contribution in [2.45, 2.75) is 219 Å². The molecule has 3 heteroatoms. The van der Waals surface area contributed by atoms with Gasteiger partial charge in [-0.25, -0.2) is 0 Å². The van der Waals surface area contributed by atoms with Crippen molar-refractivity contribution in [1.82, 2.24) is 4.90 Å². The summed E-state index contributed by atoms with van der Waals surface area (Å²) in [6.45, 7) is 9.24. The quantitative estimate of drug-likeness (QED) is 0.0574. The van der Waals surface area contributed by atoms with E-state index in [1.165, 1.54) is 219 Å². The number of hydrogen-bond donors (Lipinski definition) is 1. The van der Waals surface area contributed by atoms with Crippen molar-refractivity contribution in [2.75, 3.05) is 32.8 Å². The van der Waals surface area contributed by atoms with Crippen LogP contribution in [0.4, 0.5) is 0 Å². The highest BCUT2D eigenvalue weighted by molar-refractivity contribution is 5.78. The molecule has 0 spiro atoms. The minimum atomic E-state index is 0.287. The molecule has 1 aliphatic heterocycles. The van der Waals surface area contributed by atoms with E-state index < -0.39 is 0 Å². The second-order valence-corrected chi connectivity index (χ2v) is 14.1. The molecule has 0 aromatic carbocycles. The molecule has 0 fully saturated rings.